The summed E-state index contributed by atoms with van der Waals surface area (Å²) in [6.07, 6.45) is 4.34. The van der Waals surface area contributed by atoms with Crippen molar-refractivity contribution in [1.82, 2.24) is 4.90 Å². The van der Waals surface area contributed by atoms with Gasteiger partial charge in [-0.25, -0.2) is 4.39 Å². The van der Waals surface area contributed by atoms with Crippen molar-refractivity contribution in [3.05, 3.63) is 65.5 Å². The topological polar surface area (TPSA) is 26.8 Å². The third kappa shape index (κ3) is 5.08. The van der Waals surface area contributed by atoms with Crippen molar-refractivity contribution < 1.29 is 9.18 Å². The number of likely N-dealkylation sites (N-methyl/N-ethyl adjacent to an activating group) is 2. The van der Waals surface area contributed by atoms with E-state index in [1.165, 1.54) is 22.6 Å². The number of benzene rings is 2. The largest absolute Gasteiger partial charge is 0.368 e. The molecule has 2 aromatic rings. The third-order valence-corrected chi connectivity index (χ3v) is 5.90. The van der Waals surface area contributed by atoms with Crippen LogP contribution in [0.5, 0.6) is 0 Å². The zero-order valence-corrected chi connectivity index (χ0v) is 18.6. The molecule has 4 nitrogen and oxygen atoms in total. The molecule has 160 valence electrons. The van der Waals surface area contributed by atoms with Crippen LogP contribution in [-0.2, 0) is 4.79 Å². The van der Waals surface area contributed by atoms with E-state index in [-0.39, 0.29) is 11.7 Å². The van der Waals surface area contributed by atoms with E-state index in [0.29, 0.717) is 23.3 Å². The lowest BCUT2D eigenvalue weighted by molar-refractivity contribution is -0.113. The monoisotopic (exact) mass is 409 g/mol. The zero-order valence-electron chi connectivity index (χ0n) is 18.6. The molecule has 5 heteroatoms. The first-order chi connectivity index (χ1) is 14.3. The van der Waals surface area contributed by atoms with Crippen LogP contribution in [0.1, 0.15) is 37.3 Å². The lowest BCUT2D eigenvalue weighted by atomic mass is 10.0. The van der Waals surface area contributed by atoms with Crippen molar-refractivity contribution in [3.63, 3.8) is 0 Å². The minimum atomic E-state index is -0.292. The SMILES string of the molecule is CC(C)c1ccc(/C=C/C(=O)N(C)c2ccc(N3CCC(N(C)C)C3)c(F)c2)cc1. The Morgan fingerprint density at radius 1 is 1.13 bits per heavy atom. The van der Waals surface area contributed by atoms with Crippen molar-refractivity contribution in [2.45, 2.75) is 32.2 Å². The summed E-state index contributed by atoms with van der Waals surface area (Å²) in [4.78, 5) is 18.3. The fourth-order valence-corrected chi connectivity index (χ4v) is 3.74. The van der Waals surface area contributed by atoms with Gasteiger partial charge in [0, 0.05) is 37.9 Å². The Morgan fingerprint density at radius 3 is 2.40 bits per heavy atom. The summed E-state index contributed by atoms with van der Waals surface area (Å²) in [5.74, 6) is -0.00766. The van der Waals surface area contributed by atoms with Gasteiger partial charge in [-0.15, -0.1) is 0 Å². The van der Waals surface area contributed by atoms with Crippen molar-refractivity contribution >= 4 is 23.4 Å². The summed E-state index contributed by atoms with van der Waals surface area (Å²) >= 11 is 0. The van der Waals surface area contributed by atoms with E-state index in [2.05, 4.69) is 49.9 Å². The third-order valence-electron chi connectivity index (χ3n) is 5.90. The summed E-state index contributed by atoms with van der Waals surface area (Å²) < 4.78 is 14.8. The molecule has 1 aliphatic rings. The van der Waals surface area contributed by atoms with Crippen LogP contribution in [0.15, 0.2) is 48.5 Å². The highest BCUT2D eigenvalue weighted by Crippen LogP contribution is 2.28. The van der Waals surface area contributed by atoms with Crippen LogP contribution in [0.3, 0.4) is 0 Å². The molecule has 1 saturated heterocycles. The Balaban J connectivity index is 1.66. The minimum absolute atomic E-state index is 0.191. The van der Waals surface area contributed by atoms with Crippen LogP contribution in [0.2, 0.25) is 0 Å². The molecule has 3 rings (SSSR count). The van der Waals surface area contributed by atoms with Crippen molar-refractivity contribution in [3.8, 4) is 0 Å². The van der Waals surface area contributed by atoms with Crippen molar-refractivity contribution in [1.29, 1.82) is 0 Å². The molecule has 1 fully saturated rings. The summed E-state index contributed by atoms with van der Waals surface area (Å²) in [5.41, 5.74) is 3.38. The average Bonchev–Trinajstić information content (AvgIpc) is 3.22. The summed E-state index contributed by atoms with van der Waals surface area (Å²) in [7, 11) is 5.78. The first kappa shape index (κ1) is 22.0. The zero-order chi connectivity index (χ0) is 21.8. The second-order valence-corrected chi connectivity index (χ2v) is 8.54. The van der Waals surface area contributed by atoms with Gasteiger partial charge < -0.3 is 14.7 Å². The molecule has 0 aliphatic carbocycles. The Labute approximate surface area is 179 Å². The molecule has 2 aromatic carbocycles. The smallest absolute Gasteiger partial charge is 0.250 e. The molecule has 1 heterocycles. The summed E-state index contributed by atoms with van der Waals surface area (Å²) in [5, 5.41) is 0. The predicted molar refractivity (Wildman–Crippen MR) is 124 cm³/mol. The average molecular weight is 410 g/mol. The number of carbonyl (C=O) groups is 1. The maximum atomic E-state index is 14.8. The van der Waals surface area contributed by atoms with Crippen LogP contribution in [0, 0.1) is 5.82 Å². The van der Waals surface area contributed by atoms with E-state index < -0.39 is 0 Å². The van der Waals surface area contributed by atoms with E-state index in [1.54, 1.807) is 19.2 Å². The van der Waals surface area contributed by atoms with Gasteiger partial charge in [-0.2, -0.15) is 0 Å². The molecular formula is C25H32FN3O. The first-order valence-electron chi connectivity index (χ1n) is 10.5. The van der Waals surface area contributed by atoms with E-state index in [0.717, 1.165) is 25.1 Å². The lowest BCUT2D eigenvalue weighted by Crippen LogP contribution is -2.31. The van der Waals surface area contributed by atoms with Crippen molar-refractivity contribution in [2.24, 2.45) is 0 Å². The molecular weight excluding hydrogens is 377 g/mol. The highest BCUT2D eigenvalue weighted by atomic mass is 19.1. The van der Waals surface area contributed by atoms with E-state index >= 15 is 0 Å². The molecule has 30 heavy (non-hydrogen) atoms. The maximum absolute atomic E-state index is 14.8. The Hall–Kier alpha value is -2.66. The fourth-order valence-electron chi connectivity index (χ4n) is 3.74. The molecule has 1 atom stereocenters. The van der Waals surface area contributed by atoms with Crippen LogP contribution in [0.25, 0.3) is 6.08 Å². The predicted octanol–water partition coefficient (Wildman–Crippen LogP) is 4.77. The van der Waals surface area contributed by atoms with Gasteiger partial charge >= 0.3 is 0 Å². The summed E-state index contributed by atoms with van der Waals surface area (Å²) in [6, 6.07) is 13.6. The van der Waals surface area contributed by atoms with Gasteiger partial charge in [0.05, 0.1) is 5.69 Å². The van der Waals surface area contributed by atoms with Gasteiger partial charge in [-0.3, -0.25) is 4.79 Å². The molecule has 1 amide bonds. The number of carbonyl (C=O) groups excluding carboxylic acids is 1. The van der Waals surface area contributed by atoms with Crippen molar-refractivity contribution in [2.75, 3.05) is 44.0 Å². The van der Waals surface area contributed by atoms with Gasteiger partial charge in [-0.1, -0.05) is 38.1 Å². The molecule has 1 aliphatic heterocycles. The number of rotatable bonds is 6. The molecule has 0 saturated carbocycles. The first-order valence-corrected chi connectivity index (χ1v) is 10.5. The number of anilines is 2. The Morgan fingerprint density at radius 2 is 1.83 bits per heavy atom. The van der Waals surface area contributed by atoms with Gasteiger partial charge in [-0.05, 0) is 61.8 Å². The second-order valence-electron chi connectivity index (χ2n) is 8.54. The van der Waals surface area contributed by atoms with Crippen LogP contribution >= 0.6 is 0 Å². The number of nitrogens with zero attached hydrogens (tertiary/aromatic N) is 3. The molecule has 0 spiro atoms. The van der Waals surface area contributed by atoms with E-state index in [1.807, 2.05) is 18.2 Å². The Bertz CT molecular complexity index is 905. The number of hydrogen-bond acceptors (Lipinski definition) is 3. The Kier molecular flexibility index (Phi) is 6.93. The van der Waals surface area contributed by atoms with Gasteiger partial charge in [0.1, 0.15) is 5.82 Å². The quantitative estimate of drug-likeness (QED) is 0.643. The van der Waals surface area contributed by atoms with Gasteiger partial charge in [0.25, 0.3) is 5.91 Å². The van der Waals surface area contributed by atoms with Crippen LogP contribution < -0.4 is 9.80 Å². The fraction of sp³-hybridized carbons (Fsp3) is 0.400. The minimum Gasteiger partial charge on any atom is -0.368 e. The van der Waals surface area contributed by atoms with Crippen LogP contribution in [-0.4, -0.2) is 51.1 Å². The second kappa shape index (κ2) is 9.43. The molecule has 0 N–H and O–H groups in total. The molecule has 0 aromatic heterocycles. The molecule has 0 bridgehead atoms. The number of hydrogen-bond donors (Lipinski definition) is 0. The van der Waals surface area contributed by atoms with Gasteiger partial charge in [0.15, 0.2) is 0 Å². The highest BCUT2D eigenvalue weighted by Gasteiger charge is 2.26. The van der Waals surface area contributed by atoms with E-state index in [4.69, 9.17) is 0 Å². The number of halogens is 1. The molecule has 0 radical (unpaired) electrons. The summed E-state index contributed by atoms with van der Waals surface area (Å²) in [6.45, 7) is 5.96. The van der Waals surface area contributed by atoms with Gasteiger partial charge in [0.2, 0.25) is 0 Å². The number of amides is 1. The lowest BCUT2D eigenvalue weighted by Gasteiger charge is -2.23. The molecule has 1 unspecified atom stereocenters. The van der Waals surface area contributed by atoms with E-state index in [9.17, 15) is 9.18 Å². The normalized spacial score (nSPS) is 16.8. The standard InChI is InChI=1S/C25H32FN3O/c1-18(2)20-9-6-19(7-10-20)8-13-25(30)28(5)21-11-12-24(23(26)16-21)29-15-14-22(17-29)27(3)4/h6-13,16,18,22H,14-15,17H2,1-5H3/b13-8+. The van der Waals surface area contributed by atoms with Crippen LogP contribution in [0.4, 0.5) is 15.8 Å². The maximum Gasteiger partial charge on any atom is 0.250 e. The highest BCUT2D eigenvalue weighted by molar-refractivity contribution is 6.03.